The Labute approximate surface area is 134 Å². The molecule has 0 saturated heterocycles. The van der Waals surface area contributed by atoms with Crippen LogP contribution in [0.15, 0.2) is 41.0 Å². The van der Waals surface area contributed by atoms with E-state index in [4.69, 9.17) is 0 Å². The molecule has 2 rings (SSSR count). The smallest absolute Gasteiger partial charge is 0.373 e. The number of nitrogens with zero attached hydrogens (tertiary/aromatic N) is 2. The third kappa shape index (κ3) is 3.71. The van der Waals surface area contributed by atoms with Crippen molar-refractivity contribution in [3.63, 3.8) is 0 Å². The average molecular weight is 375 g/mol. The van der Waals surface area contributed by atoms with Crippen molar-refractivity contribution >= 4 is 27.9 Å². The first kappa shape index (κ1) is 16.6. The van der Waals surface area contributed by atoms with Crippen LogP contribution in [0, 0.1) is 0 Å². The quantitative estimate of drug-likeness (QED) is 0.732. The van der Waals surface area contributed by atoms with Crippen LogP contribution in [-0.4, -0.2) is 24.4 Å². The maximum Gasteiger partial charge on any atom is 0.416 e. The summed E-state index contributed by atoms with van der Waals surface area (Å²) in [5.74, 6) is 0. The number of hydrogen-bond donors (Lipinski definition) is 0. The third-order valence-electron chi connectivity index (χ3n) is 3.38. The third-order valence-corrected chi connectivity index (χ3v) is 4.05. The molecule has 0 N–H and O–H groups in total. The van der Waals surface area contributed by atoms with Crippen molar-refractivity contribution in [2.24, 2.45) is 0 Å². The van der Waals surface area contributed by atoms with E-state index in [1.54, 1.807) is 23.9 Å². The molecule has 118 valence electrons. The first-order valence-electron chi connectivity index (χ1n) is 6.51. The van der Waals surface area contributed by atoms with Gasteiger partial charge in [0.1, 0.15) is 0 Å². The van der Waals surface area contributed by atoms with Gasteiger partial charge in [-0.25, -0.2) is 0 Å². The first-order valence-corrected chi connectivity index (χ1v) is 7.30. The van der Waals surface area contributed by atoms with Crippen LogP contribution in [0.2, 0.25) is 0 Å². The second-order valence-corrected chi connectivity index (χ2v) is 5.68. The van der Waals surface area contributed by atoms with Crippen LogP contribution >= 0.6 is 15.9 Å². The summed E-state index contributed by atoms with van der Waals surface area (Å²) in [5.41, 5.74) is 0.565. The molecule has 0 fully saturated rings. The molecule has 0 spiro atoms. The van der Waals surface area contributed by atoms with Crippen molar-refractivity contribution in [1.29, 1.82) is 0 Å². The van der Waals surface area contributed by atoms with Crippen LogP contribution in [0.3, 0.4) is 0 Å². The molecular formula is C15H14BrF3N2O. The Morgan fingerprint density at radius 1 is 1.23 bits per heavy atom. The van der Waals surface area contributed by atoms with Gasteiger partial charge in [-0.05, 0) is 46.3 Å². The fourth-order valence-corrected chi connectivity index (χ4v) is 2.51. The number of halogens is 4. The summed E-state index contributed by atoms with van der Waals surface area (Å²) < 4.78 is 40.1. The van der Waals surface area contributed by atoms with Crippen molar-refractivity contribution in [3.05, 3.63) is 52.3 Å². The van der Waals surface area contributed by atoms with Gasteiger partial charge in [0.2, 0.25) is 0 Å². The standard InChI is InChI=1S/C15H14BrF3N2O/c1-20(8-9-21-7-6-13(16)14(21)10-22)12-4-2-11(3-5-12)15(17,18)19/h2-7,10H,8-9H2,1H3. The second kappa shape index (κ2) is 6.56. The Kier molecular flexibility index (Phi) is 4.95. The molecule has 22 heavy (non-hydrogen) atoms. The van der Waals surface area contributed by atoms with Crippen molar-refractivity contribution in [3.8, 4) is 0 Å². The number of aldehydes is 1. The van der Waals surface area contributed by atoms with Crippen LogP contribution < -0.4 is 4.90 Å². The molecule has 1 aromatic heterocycles. The number of aromatic nitrogens is 1. The van der Waals surface area contributed by atoms with Crippen molar-refractivity contribution in [2.75, 3.05) is 18.5 Å². The minimum atomic E-state index is -4.33. The molecule has 1 heterocycles. The SMILES string of the molecule is CN(CCn1ccc(Br)c1C=O)c1ccc(C(F)(F)F)cc1. The van der Waals surface area contributed by atoms with Gasteiger partial charge in [-0.15, -0.1) is 0 Å². The molecule has 7 heteroatoms. The van der Waals surface area contributed by atoms with E-state index in [9.17, 15) is 18.0 Å². The lowest BCUT2D eigenvalue weighted by Gasteiger charge is -2.20. The Morgan fingerprint density at radius 3 is 2.41 bits per heavy atom. The molecule has 0 unspecified atom stereocenters. The molecule has 0 amide bonds. The maximum absolute atomic E-state index is 12.5. The van der Waals surface area contributed by atoms with Gasteiger partial charge in [0.05, 0.1) is 11.3 Å². The van der Waals surface area contributed by atoms with E-state index in [2.05, 4.69) is 15.9 Å². The van der Waals surface area contributed by atoms with E-state index < -0.39 is 11.7 Å². The monoisotopic (exact) mass is 374 g/mol. The molecule has 0 aliphatic carbocycles. The lowest BCUT2D eigenvalue weighted by Crippen LogP contribution is -2.23. The minimum Gasteiger partial charge on any atom is -0.373 e. The van der Waals surface area contributed by atoms with Crippen LogP contribution in [0.1, 0.15) is 16.1 Å². The first-order chi connectivity index (χ1) is 10.3. The fraction of sp³-hybridized carbons (Fsp3) is 0.267. The molecule has 0 radical (unpaired) electrons. The number of hydrogen-bond acceptors (Lipinski definition) is 2. The molecule has 0 atom stereocenters. The lowest BCUT2D eigenvalue weighted by atomic mass is 10.2. The van der Waals surface area contributed by atoms with Gasteiger partial charge in [0, 0.05) is 36.5 Å². The van der Waals surface area contributed by atoms with Gasteiger partial charge < -0.3 is 9.47 Å². The topological polar surface area (TPSA) is 25.2 Å². The highest BCUT2D eigenvalue weighted by atomic mass is 79.9. The highest BCUT2D eigenvalue weighted by Crippen LogP contribution is 2.30. The minimum absolute atomic E-state index is 0.542. The summed E-state index contributed by atoms with van der Waals surface area (Å²) in [5, 5.41) is 0. The summed E-state index contributed by atoms with van der Waals surface area (Å²) in [4.78, 5) is 12.8. The van der Waals surface area contributed by atoms with E-state index in [0.717, 1.165) is 22.9 Å². The summed E-state index contributed by atoms with van der Waals surface area (Å²) >= 11 is 3.28. The Balaban J connectivity index is 2.03. The Bertz CT molecular complexity index is 650. The number of likely N-dealkylation sites (N-methyl/N-ethyl adjacent to an activating group) is 1. The average Bonchev–Trinajstić information content (AvgIpc) is 2.84. The lowest BCUT2D eigenvalue weighted by molar-refractivity contribution is -0.137. The van der Waals surface area contributed by atoms with E-state index in [1.807, 2.05) is 4.90 Å². The zero-order valence-electron chi connectivity index (χ0n) is 11.8. The van der Waals surface area contributed by atoms with E-state index in [1.165, 1.54) is 12.1 Å². The van der Waals surface area contributed by atoms with Crippen LogP contribution in [0.25, 0.3) is 0 Å². The predicted octanol–water partition coefficient (Wildman–Crippen LogP) is 4.22. The zero-order valence-corrected chi connectivity index (χ0v) is 13.4. The molecule has 2 aromatic rings. The van der Waals surface area contributed by atoms with Gasteiger partial charge in [-0.3, -0.25) is 4.79 Å². The summed E-state index contributed by atoms with van der Waals surface area (Å²) in [6, 6.07) is 6.79. The normalized spacial score (nSPS) is 11.5. The number of rotatable bonds is 5. The number of anilines is 1. The molecule has 0 saturated carbocycles. The Hall–Kier alpha value is -1.76. The fourth-order valence-electron chi connectivity index (χ4n) is 2.07. The molecule has 3 nitrogen and oxygen atoms in total. The van der Waals surface area contributed by atoms with Crippen LogP contribution in [0.5, 0.6) is 0 Å². The van der Waals surface area contributed by atoms with E-state index in [-0.39, 0.29) is 0 Å². The van der Waals surface area contributed by atoms with E-state index >= 15 is 0 Å². The summed E-state index contributed by atoms with van der Waals surface area (Å²) in [7, 11) is 1.79. The number of carbonyl (C=O) groups excluding carboxylic acids is 1. The zero-order chi connectivity index (χ0) is 16.3. The number of alkyl halides is 3. The molecule has 0 aliphatic heterocycles. The number of benzene rings is 1. The summed E-state index contributed by atoms with van der Waals surface area (Å²) in [6.45, 7) is 1.12. The van der Waals surface area contributed by atoms with Crippen molar-refractivity contribution in [1.82, 2.24) is 4.57 Å². The van der Waals surface area contributed by atoms with Gasteiger partial charge in [-0.2, -0.15) is 13.2 Å². The molecule has 0 aliphatic rings. The maximum atomic E-state index is 12.5. The van der Waals surface area contributed by atoms with Crippen molar-refractivity contribution in [2.45, 2.75) is 12.7 Å². The van der Waals surface area contributed by atoms with Gasteiger partial charge in [0.25, 0.3) is 0 Å². The van der Waals surface area contributed by atoms with Gasteiger partial charge >= 0.3 is 6.18 Å². The van der Waals surface area contributed by atoms with Crippen molar-refractivity contribution < 1.29 is 18.0 Å². The second-order valence-electron chi connectivity index (χ2n) is 4.83. The molecular weight excluding hydrogens is 361 g/mol. The Morgan fingerprint density at radius 2 is 1.86 bits per heavy atom. The molecule has 1 aromatic carbocycles. The number of carbonyl (C=O) groups is 1. The predicted molar refractivity (Wildman–Crippen MR) is 82.2 cm³/mol. The summed E-state index contributed by atoms with van der Waals surface area (Å²) in [6.07, 6.45) is -1.77. The van der Waals surface area contributed by atoms with Crippen LogP contribution in [0.4, 0.5) is 18.9 Å². The van der Waals surface area contributed by atoms with Gasteiger partial charge in [-0.1, -0.05) is 0 Å². The van der Waals surface area contributed by atoms with Crippen LogP contribution in [-0.2, 0) is 12.7 Å². The molecule has 0 bridgehead atoms. The van der Waals surface area contributed by atoms with Gasteiger partial charge in [0.15, 0.2) is 6.29 Å². The largest absolute Gasteiger partial charge is 0.416 e. The highest BCUT2D eigenvalue weighted by molar-refractivity contribution is 9.10. The highest BCUT2D eigenvalue weighted by Gasteiger charge is 2.30. The van der Waals surface area contributed by atoms with E-state index in [0.29, 0.717) is 24.5 Å².